The van der Waals surface area contributed by atoms with E-state index < -0.39 is 0 Å². The summed E-state index contributed by atoms with van der Waals surface area (Å²) in [6.45, 7) is 8.84. The number of piperidine rings is 1. The first-order valence-electron chi connectivity index (χ1n) is 10.3. The highest BCUT2D eigenvalue weighted by Crippen LogP contribution is 2.37. The zero-order valence-electron chi connectivity index (χ0n) is 18.4. The van der Waals surface area contributed by atoms with Gasteiger partial charge in [-0.2, -0.15) is 0 Å². The molecular formula is C22H26ClN7OS. The maximum Gasteiger partial charge on any atom is 0.201 e. The van der Waals surface area contributed by atoms with Gasteiger partial charge in [-0.05, 0) is 58.7 Å². The van der Waals surface area contributed by atoms with E-state index in [2.05, 4.69) is 58.5 Å². The highest BCUT2D eigenvalue weighted by Gasteiger charge is 2.39. The lowest BCUT2D eigenvalue weighted by Gasteiger charge is -2.46. The molecule has 0 amide bonds. The van der Waals surface area contributed by atoms with Crippen LogP contribution in [-0.2, 0) is 0 Å². The van der Waals surface area contributed by atoms with Crippen LogP contribution in [0.4, 0.5) is 0 Å². The topological polar surface area (TPSA) is 102 Å². The number of nitrogens with zero attached hydrogens (tertiary/aromatic N) is 6. The third-order valence-corrected chi connectivity index (χ3v) is 6.51. The zero-order chi connectivity index (χ0) is 21.8. The Balaban J connectivity index is 0.00000245. The van der Waals surface area contributed by atoms with E-state index in [0.29, 0.717) is 22.4 Å². The van der Waals surface area contributed by atoms with E-state index in [1.165, 1.54) is 11.3 Å². The predicted molar refractivity (Wildman–Crippen MR) is 128 cm³/mol. The van der Waals surface area contributed by atoms with Crippen molar-refractivity contribution in [1.29, 1.82) is 0 Å². The van der Waals surface area contributed by atoms with Crippen LogP contribution in [-0.4, -0.2) is 46.4 Å². The molecule has 0 unspecified atom stereocenters. The van der Waals surface area contributed by atoms with Crippen molar-refractivity contribution in [2.45, 2.75) is 57.7 Å². The van der Waals surface area contributed by atoms with Crippen molar-refractivity contribution in [3.63, 3.8) is 0 Å². The monoisotopic (exact) mass is 471 g/mol. The van der Waals surface area contributed by atoms with Gasteiger partial charge < -0.3 is 10.4 Å². The highest BCUT2D eigenvalue weighted by molar-refractivity contribution is 7.13. The number of aromatic hydroxyl groups is 1. The van der Waals surface area contributed by atoms with Crippen molar-refractivity contribution in [3.05, 3.63) is 35.8 Å². The zero-order valence-corrected chi connectivity index (χ0v) is 20.0. The van der Waals surface area contributed by atoms with E-state index in [1.807, 2.05) is 28.3 Å². The third-order valence-electron chi connectivity index (χ3n) is 5.69. The van der Waals surface area contributed by atoms with Crippen molar-refractivity contribution in [3.8, 4) is 27.6 Å². The Morgan fingerprint density at radius 1 is 1.06 bits per heavy atom. The summed E-state index contributed by atoms with van der Waals surface area (Å²) in [4.78, 5) is 4.29. The van der Waals surface area contributed by atoms with Crippen LogP contribution in [0.1, 0.15) is 46.6 Å². The first-order chi connectivity index (χ1) is 14.7. The summed E-state index contributed by atoms with van der Waals surface area (Å²) < 4.78 is 1.90. The largest absolute Gasteiger partial charge is 0.507 e. The lowest BCUT2D eigenvalue weighted by molar-refractivity contribution is 0.127. The summed E-state index contributed by atoms with van der Waals surface area (Å²) >= 11 is 1.53. The van der Waals surface area contributed by atoms with Gasteiger partial charge in [0.2, 0.25) is 5.65 Å². The van der Waals surface area contributed by atoms with Crippen LogP contribution in [0.2, 0.25) is 0 Å². The van der Waals surface area contributed by atoms with Crippen molar-refractivity contribution < 1.29 is 5.11 Å². The van der Waals surface area contributed by atoms with Gasteiger partial charge in [-0.1, -0.05) is 11.3 Å². The second kappa shape index (κ2) is 8.06. The standard InChI is InChI=1S/C22H25N7OS.ClH/c1-21(2)11-14(12-22(3,4)27-21)29-19-17(25-28-29)10-16(24-26-19)15-6-5-13(9-18(15)30)20-23-7-8-31-20;/h5-10,14,27,30H,11-12H2,1-4H3;1H. The fourth-order valence-corrected chi connectivity index (χ4v) is 5.45. The summed E-state index contributed by atoms with van der Waals surface area (Å²) in [5, 5.41) is 34.7. The predicted octanol–water partition coefficient (Wildman–Crippen LogP) is 4.62. The van der Waals surface area contributed by atoms with Crippen molar-refractivity contribution in [2.24, 2.45) is 0 Å². The Kier molecular flexibility index (Phi) is 5.68. The molecule has 32 heavy (non-hydrogen) atoms. The van der Waals surface area contributed by atoms with Gasteiger partial charge in [-0.15, -0.1) is 39.0 Å². The molecule has 8 nitrogen and oxygen atoms in total. The smallest absolute Gasteiger partial charge is 0.201 e. The number of fused-ring (bicyclic) bond motifs is 1. The maximum absolute atomic E-state index is 10.6. The summed E-state index contributed by atoms with van der Waals surface area (Å²) in [5.74, 6) is 0.135. The van der Waals surface area contributed by atoms with Crippen LogP contribution in [0, 0.1) is 0 Å². The number of aromatic nitrogens is 6. The minimum Gasteiger partial charge on any atom is -0.507 e. The lowest BCUT2D eigenvalue weighted by Crippen LogP contribution is -2.58. The maximum atomic E-state index is 10.6. The van der Waals surface area contributed by atoms with E-state index in [1.54, 1.807) is 12.3 Å². The van der Waals surface area contributed by atoms with Gasteiger partial charge in [-0.3, -0.25) is 0 Å². The van der Waals surface area contributed by atoms with E-state index in [4.69, 9.17) is 0 Å². The summed E-state index contributed by atoms with van der Waals surface area (Å²) in [5.41, 5.74) is 3.35. The first-order valence-corrected chi connectivity index (χ1v) is 11.2. The summed E-state index contributed by atoms with van der Waals surface area (Å²) in [6, 6.07) is 7.49. The molecule has 1 fully saturated rings. The normalized spacial score (nSPS) is 17.9. The molecule has 4 heterocycles. The quantitative estimate of drug-likeness (QED) is 0.449. The summed E-state index contributed by atoms with van der Waals surface area (Å²) in [6.07, 6.45) is 3.60. The lowest BCUT2D eigenvalue weighted by atomic mass is 9.80. The van der Waals surface area contributed by atoms with Crippen LogP contribution in [0.25, 0.3) is 33.0 Å². The van der Waals surface area contributed by atoms with E-state index in [9.17, 15) is 5.11 Å². The summed E-state index contributed by atoms with van der Waals surface area (Å²) in [7, 11) is 0. The Morgan fingerprint density at radius 2 is 1.81 bits per heavy atom. The number of phenols is 1. The van der Waals surface area contributed by atoms with Crippen LogP contribution in [0.15, 0.2) is 35.8 Å². The van der Waals surface area contributed by atoms with Crippen LogP contribution in [0.5, 0.6) is 5.75 Å². The van der Waals surface area contributed by atoms with Gasteiger partial charge in [0.25, 0.3) is 0 Å². The number of rotatable bonds is 3. The number of nitrogens with one attached hydrogen (secondary N) is 1. The van der Waals surface area contributed by atoms with Gasteiger partial charge in [0.15, 0.2) is 0 Å². The van der Waals surface area contributed by atoms with Crippen LogP contribution in [0.3, 0.4) is 0 Å². The van der Waals surface area contributed by atoms with Crippen molar-refractivity contribution in [2.75, 3.05) is 0 Å². The number of thiazole rings is 1. The first kappa shape index (κ1) is 22.6. The Hall–Kier alpha value is -2.62. The molecule has 2 N–H and O–H groups in total. The molecule has 0 aliphatic carbocycles. The third kappa shape index (κ3) is 4.20. The van der Waals surface area contributed by atoms with Crippen molar-refractivity contribution in [1.82, 2.24) is 35.5 Å². The molecule has 0 bridgehead atoms. The number of benzene rings is 1. The molecule has 1 aliphatic heterocycles. The highest BCUT2D eigenvalue weighted by atomic mass is 35.5. The minimum absolute atomic E-state index is 0. The van der Waals surface area contributed by atoms with Gasteiger partial charge in [-0.25, -0.2) is 9.67 Å². The Morgan fingerprint density at radius 3 is 2.47 bits per heavy atom. The average molecular weight is 472 g/mol. The second-order valence-corrected chi connectivity index (χ2v) is 10.4. The molecule has 0 saturated carbocycles. The molecule has 1 aromatic carbocycles. The van der Waals surface area contributed by atoms with Gasteiger partial charge in [0.1, 0.15) is 16.3 Å². The van der Waals surface area contributed by atoms with Gasteiger partial charge >= 0.3 is 0 Å². The SMILES string of the molecule is CC1(C)CC(n2nnc3cc(-c4ccc(-c5nccs5)cc4O)nnc32)CC(C)(C)N1.Cl. The molecule has 0 atom stereocenters. The molecular weight excluding hydrogens is 446 g/mol. The number of hydrogen-bond acceptors (Lipinski definition) is 8. The van der Waals surface area contributed by atoms with E-state index >= 15 is 0 Å². The van der Waals surface area contributed by atoms with Gasteiger partial charge in [0, 0.05) is 33.8 Å². The van der Waals surface area contributed by atoms with Crippen molar-refractivity contribution >= 4 is 34.9 Å². The second-order valence-electron chi connectivity index (χ2n) is 9.50. The fourth-order valence-electron chi connectivity index (χ4n) is 4.82. The van der Waals surface area contributed by atoms with Crippen LogP contribution >= 0.6 is 23.7 Å². The van der Waals surface area contributed by atoms with E-state index in [0.717, 1.165) is 23.4 Å². The molecule has 3 aromatic heterocycles. The number of hydrogen-bond donors (Lipinski definition) is 2. The molecule has 1 aliphatic rings. The van der Waals surface area contributed by atoms with Gasteiger partial charge in [0.05, 0.1) is 11.7 Å². The number of phenolic OH excluding ortho intramolecular Hbond substituents is 1. The molecule has 10 heteroatoms. The fraction of sp³-hybridized carbons (Fsp3) is 0.409. The Bertz CT molecular complexity index is 1240. The average Bonchev–Trinajstić information content (AvgIpc) is 3.35. The Labute approximate surface area is 196 Å². The minimum atomic E-state index is -0.0109. The van der Waals surface area contributed by atoms with Crippen LogP contribution < -0.4 is 5.32 Å². The molecule has 4 aromatic rings. The molecule has 0 spiro atoms. The molecule has 0 radical (unpaired) electrons. The molecule has 1 saturated heterocycles. The molecule has 5 rings (SSSR count). The van der Waals surface area contributed by atoms with E-state index in [-0.39, 0.29) is 35.3 Å². The number of halogens is 1. The molecule has 168 valence electrons.